The minimum Gasteiger partial charge on any atom is -0.353 e. The molecule has 1 atom stereocenters. The van der Waals surface area contributed by atoms with Crippen molar-refractivity contribution >= 4 is 26.7 Å². The summed E-state index contributed by atoms with van der Waals surface area (Å²) in [7, 11) is -1.87. The summed E-state index contributed by atoms with van der Waals surface area (Å²) >= 11 is 0. The fraction of sp³-hybridized carbons (Fsp3) is 0.400. The first-order chi connectivity index (χ1) is 15.3. The fourth-order valence-electron chi connectivity index (χ4n) is 4.01. The van der Waals surface area contributed by atoms with Gasteiger partial charge in [0.2, 0.25) is 15.9 Å². The van der Waals surface area contributed by atoms with Gasteiger partial charge >= 0.3 is 0 Å². The highest BCUT2D eigenvalue weighted by Gasteiger charge is 2.37. The van der Waals surface area contributed by atoms with Crippen molar-refractivity contribution in [3.05, 3.63) is 66.5 Å². The highest BCUT2D eigenvalue weighted by Crippen LogP contribution is 2.30. The summed E-state index contributed by atoms with van der Waals surface area (Å²) in [5.41, 5.74) is 1.04. The zero-order chi connectivity index (χ0) is 22.9. The second kappa shape index (κ2) is 9.08. The molecule has 0 radical (unpaired) electrons. The average Bonchev–Trinajstić information content (AvgIpc) is 3.56. The third-order valence-corrected chi connectivity index (χ3v) is 8.35. The predicted molar refractivity (Wildman–Crippen MR) is 127 cm³/mol. The van der Waals surface area contributed by atoms with Crippen LogP contribution in [0.1, 0.15) is 38.8 Å². The van der Waals surface area contributed by atoms with Crippen molar-refractivity contribution in [2.24, 2.45) is 7.05 Å². The zero-order valence-electron chi connectivity index (χ0n) is 18.9. The molecule has 32 heavy (non-hydrogen) atoms. The lowest BCUT2D eigenvalue weighted by Gasteiger charge is -2.30. The van der Waals surface area contributed by atoms with Crippen molar-refractivity contribution in [3.8, 4) is 0 Å². The normalized spacial score (nSPS) is 15.2. The molecule has 1 fully saturated rings. The molecule has 0 bridgehead atoms. The third-order valence-electron chi connectivity index (χ3n) is 6.39. The van der Waals surface area contributed by atoms with E-state index in [9.17, 15) is 13.2 Å². The van der Waals surface area contributed by atoms with Crippen LogP contribution in [-0.4, -0.2) is 46.7 Å². The molecule has 0 spiro atoms. The van der Waals surface area contributed by atoms with E-state index in [1.165, 1.54) is 4.31 Å². The van der Waals surface area contributed by atoms with Crippen LogP contribution in [0.4, 0.5) is 0 Å². The van der Waals surface area contributed by atoms with E-state index in [0.29, 0.717) is 13.0 Å². The molecule has 6 nitrogen and oxygen atoms in total. The van der Waals surface area contributed by atoms with Crippen LogP contribution in [0.5, 0.6) is 0 Å². The lowest BCUT2D eigenvalue weighted by molar-refractivity contribution is -0.133. The molecule has 3 aromatic rings. The third kappa shape index (κ3) is 4.59. The second-order valence-electron chi connectivity index (χ2n) is 8.68. The van der Waals surface area contributed by atoms with E-state index in [2.05, 4.69) is 0 Å². The van der Waals surface area contributed by atoms with Gasteiger partial charge in [-0.15, -0.1) is 0 Å². The number of benzene rings is 2. The van der Waals surface area contributed by atoms with Crippen LogP contribution in [-0.2, 0) is 28.4 Å². The smallest absolute Gasteiger partial charge is 0.243 e. The van der Waals surface area contributed by atoms with Gasteiger partial charge in [-0.25, -0.2) is 8.42 Å². The number of carbonyl (C=O) groups excluding carboxylic acids is 1. The number of rotatable bonds is 9. The molecule has 1 heterocycles. The van der Waals surface area contributed by atoms with Gasteiger partial charge in [0.15, 0.2) is 0 Å². The van der Waals surface area contributed by atoms with Gasteiger partial charge in [-0.2, -0.15) is 4.31 Å². The van der Waals surface area contributed by atoms with E-state index in [4.69, 9.17) is 0 Å². The molecule has 2 aromatic carbocycles. The number of nitrogens with zero attached hydrogens (tertiary/aromatic N) is 3. The Labute approximate surface area is 190 Å². The van der Waals surface area contributed by atoms with E-state index in [0.717, 1.165) is 29.3 Å². The number of hydrogen-bond acceptors (Lipinski definition) is 3. The van der Waals surface area contributed by atoms with E-state index in [1.807, 2.05) is 79.0 Å². The maximum absolute atomic E-state index is 13.6. The molecule has 1 unspecified atom stereocenters. The SMILES string of the molecule is CCC(C)N(CC(=O)N(Cc1cccn1C)C1CC1)S(=O)(=O)c1ccc2ccccc2c1. The van der Waals surface area contributed by atoms with Gasteiger partial charge in [-0.05, 0) is 61.2 Å². The van der Waals surface area contributed by atoms with Crippen molar-refractivity contribution in [1.29, 1.82) is 0 Å². The molecule has 0 aliphatic heterocycles. The molecule has 1 aliphatic rings. The maximum Gasteiger partial charge on any atom is 0.243 e. The van der Waals surface area contributed by atoms with Crippen LogP contribution in [0.3, 0.4) is 0 Å². The lowest BCUT2D eigenvalue weighted by Crippen LogP contribution is -2.47. The van der Waals surface area contributed by atoms with Crippen LogP contribution >= 0.6 is 0 Å². The van der Waals surface area contributed by atoms with Gasteiger partial charge in [0, 0.05) is 31.0 Å². The van der Waals surface area contributed by atoms with Crippen molar-refractivity contribution < 1.29 is 13.2 Å². The minimum atomic E-state index is -3.83. The Hall–Kier alpha value is -2.64. The summed E-state index contributed by atoms with van der Waals surface area (Å²) in [4.78, 5) is 15.5. The Morgan fingerprint density at radius 3 is 2.44 bits per heavy atom. The fourth-order valence-corrected chi connectivity index (χ4v) is 5.70. The van der Waals surface area contributed by atoms with Gasteiger partial charge in [0.05, 0.1) is 18.0 Å². The summed E-state index contributed by atoms with van der Waals surface area (Å²) in [6.45, 7) is 4.16. The maximum atomic E-state index is 13.6. The molecular formula is C25H31N3O3S. The summed E-state index contributed by atoms with van der Waals surface area (Å²) in [6.07, 6.45) is 4.52. The molecule has 0 N–H and O–H groups in total. The topological polar surface area (TPSA) is 62.6 Å². The summed E-state index contributed by atoms with van der Waals surface area (Å²) < 4.78 is 30.7. The van der Waals surface area contributed by atoms with Crippen molar-refractivity contribution in [2.75, 3.05) is 6.54 Å². The first kappa shape index (κ1) is 22.6. The molecule has 1 amide bonds. The Balaban J connectivity index is 1.62. The highest BCUT2D eigenvalue weighted by molar-refractivity contribution is 7.89. The summed E-state index contributed by atoms with van der Waals surface area (Å²) in [6, 6.07) is 16.7. The van der Waals surface area contributed by atoms with Crippen LogP contribution in [0.2, 0.25) is 0 Å². The number of sulfonamides is 1. The molecule has 4 rings (SSSR count). The molecule has 170 valence electrons. The minimum absolute atomic E-state index is 0.140. The molecule has 1 saturated carbocycles. The monoisotopic (exact) mass is 453 g/mol. The quantitative estimate of drug-likeness (QED) is 0.489. The van der Waals surface area contributed by atoms with Crippen LogP contribution < -0.4 is 0 Å². The second-order valence-corrected chi connectivity index (χ2v) is 10.6. The molecule has 7 heteroatoms. The summed E-state index contributed by atoms with van der Waals surface area (Å²) in [5.74, 6) is -0.140. The number of fused-ring (bicyclic) bond motifs is 1. The average molecular weight is 454 g/mol. The molecule has 1 aromatic heterocycles. The molecular weight excluding hydrogens is 422 g/mol. The van der Waals surface area contributed by atoms with Gasteiger partial charge in [0.1, 0.15) is 0 Å². The van der Waals surface area contributed by atoms with Crippen molar-refractivity contribution in [2.45, 2.75) is 56.6 Å². The highest BCUT2D eigenvalue weighted by atomic mass is 32.2. The van der Waals surface area contributed by atoms with E-state index in [-0.39, 0.29) is 29.4 Å². The van der Waals surface area contributed by atoms with E-state index < -0.39 is 10.0 Å². The Kier molecular flexibility index (Phi) is 6.40. The molecule has 1 aliphatic carbocycles. The molecule has 0 saturated heterocycles. The standard InChI is InChI=1S/C25H31N3O3S/c1-4-19(2)28(32(30,31)24-14-11-20-8-5-6-9-21(20)16-24)18-25(29)27(22-12-13-22)17-23-10-7-15-26(23)3/h5-11,14-16,19,22H,4,12-13,17-18H2,1-3H3. The zero-order valence-corrected chi connectivity index (χ0v) is 19.8. The van der Waals surface area contributed by atoms with Gasteiger partial charge in [0.25, 0.3) is 0 Å². The van der Waals surface area contributed by atoms with Crippen molar-refractivity contribution in [3.63, 3.8) is 0 Å². The summed E-state index contributed by atoms with van der Waals surface area (Å²) in [5, 5.41) is 1.85. The van der Waals surface area contributed by atoms with Crippen LogP contribution in [0.25, 0.3) is 10.8 Å². The number of aromatic nitrogens is 1. The van der Waals surface area contributed by atoms with E-state index >= 15 is 0 Å². The predicted octanol–water partition coefficient (Wildman–Crippen LogP) is 4.16. The number of hydrogen-bond donors (Lipinski definition) is 0. The van der Waals surface area contributed by atoms with Crippen LogP contribution in [0.15, 0.2) is 65.7 Å². The lowest BCUT2D eigenvalue weighted by atomic mass is 10.1. The Bertz CT molecular complexity index is 1210. The Morgan fingerprint density at radius 2 is 1.81 bits per heavy atom. The van der Waals surface area contributed by atoms with Crippen LogP contribution in [0, 0.1) is 0 Å². The number of carbonyl (C=O) groups is 1. The largest absolute Gasteiger partial charge is 0.353 e. The van der Waals surface area contributed by atoms with E-state index in [1.54, 1.807) is 12.1 Å². The van der Waals surface area contributed by atoms with Crippen molar-refractivity contribution in [1.82, 2.24) is 13.8 Å². The van der Waals surface area contributed by atoms with Gasteiger partial charge in [-0.1, -0.05) is 37.3 Å². The first-order valence-corrected chi connectivity index (χ1v) is 12.7. The number of aryl methyl sites for hydroxylation is 1. The van der Waals surface area contributed by atoms with Gasteiger partial charge in [-0.3, -0.25) is 4.79 Å². The van der Waals surface area contributed by atoms with Gasteiger partial charge < -0.3 is 9.47 Å². The number of amides is 1. The first-order valence-electron chi connectivity index (χ1n) is 11.2. The Morgan fingerprint density at radius 1 is 1.09 bits per heavy atom.